The Kier molecular flexibility index (Phi) is 3.43. The molecule has 0 unspecified atom stereocenters. The quantitative estimate of drug-likeness (QED) is 0.625. The van der Waals surface area contributed by atoms with Crippen molar-refractivity contribution in [3.05, 3.63) is 39.0 Å². The molecule has 0 aliphatic rings. The predicted molar refractivity (Wildman–Crippen MR) is 65.0 cm³/mol. The maximum Gasteiger partial charge on any atom is 0.433 e. The van der Waals surface area contributed by atoms with Crippen LogP contribution < -0.4 is 4.74 Å². The van der Waals surface area contributed by atoms with Crippen molar-refractivity contribution in [3.8, 4) is 5.75 Å². The topological polar surface area (TPSA) is 65.3 Å². The Bertz CT molecular complexity index is 703. The summed E-state index contributed by atoms with van der Waals surface area (Å²) >= 11 is 5.76. The molecule has 0 atom stereocenters. The van der Waals surface area contributed by atoms with Crippen LogP contribution in [-0.2, 0) is 6.18 Å². The number of rotatable bonds is 2. The smallest absolute Gasteiger partial charge is 0.433 e. The van der Waals surface area contributed by atoms with Gasteiger partial charge in [-0.2, -0.15) is 13.2 Å². The number of hydrogen-bond acceptors (Lipinski definition) is 4. The average molecular weight is 307 g/mol. The predicted octanol–water partition coefficient (Wildman–Crippen LogP) is 3.82. The largest absolute Gasteiger partial charge is 0.496 e. The third-order valence-corrected chi connectivity index (χ3v) is 2.85. The van der Waals surface area contributed by atoms with Gasteiger partial charge in [0, 0.05) is 5.39 Å². The van der Waals surface area contributed by atoms with E-state index >= 15 is 0 Å². The lowest BCUT2D eigenvalue weighted by Crippen LogP contribution is -2.08. The van der Waals surface area contributed by atoms with Crippen molar-refractivity contribution in [1.82, 2.24) is 4.98 Å². The molecular formula is C11H6ClF3N2O3. The summed E-state index contributed by atoms with van der Waals surface area (Å²) in [5.74, 6) is 0.104. The van der Waals surface area contributed by atoms with E-state index in [-0.39, 0.29) is 16.2 Å². The van der Waals surface area contributed by atoms with Crippen molar-refractivity contribution >= 4 is 28.2 Å². The molecule has 0 aliphatic carbocycles. The van der Waals surface area contributed by atoms with E-state index < -0.39 is 28.0 Å². The molecule has 2 rings (SSSR count). The minimum atomic E-state index is -4.74. The summed E-state index contributed by atoms with van der Waals surface area (Å²) in [4.78, 5) is 13.4. The van der Waals surface area contributed by atoms with Crippen LogP contribution in [0.1, 0.15) is 5.69 Å². The molecule has 9 heteroatoms. The summed E-state index contributed by atoms with van der Waals surface area (Å²) in [6.45, 7) is 0. The number of pyridine rings is 1. The highest BCUT2D eigenvalue weighted by Gasteiger charge is 2.34. The number of fused-ring (bicyclic) bond motifs is 1. The van der Waals surface area contributed by atoms with Crippen LogP contribution in [0.2, 0.25) is 5.02 Å². The van der Waals surface area contributed by atoms with Gasteiger partial charge in [0.2, 0.25) is 0 Å². The molecule has 0 aliphatic heterocycles. The molecule has 0 radical (unpaired) electrons. The van der Waals surface area contributed by atoms with Crippen molar-refractivity contribution in [1.29, 1.82) is 0 Å². The maximum absolute atomic E-state index is 12.7. The van der Waals surface area contributed by atoms with Crippen LogP contribution in [-0.4, -0.2) is 17.0 Å². The number of methoxy groups -OCH3 is 1. The Morgan fingerprint density at radius 1 is 1.35 bits per heavy atom. The van der Waals surface area contributed by atoms with Crippen LogP contribution in [0.3, 0.4) is 0 Å². The lowest BCUT2D eigenvalue weighted by Gasteiger charge is -2.09. The Balaban J connectivity index is 2.88. The first-order valence-electron chi connectivity index (χ1n) is 5.14. The second-order valence-electron chi connectivity index (χ2n) is 3.79. The van der Waals surface area contributed by atoms with E-state index in [4.69, 9.17) is 16.3 Å². The number of halogens is 4. The number of nitro benzene ring substituents is 1. The van der Waals surface area contributed by atoms with Gasteiger partial charge in [0.15, 0.2) is 5.52 Å². The van der Waals surface area contributed by atoms with Crippen LogP contribution in [0.5, 0.6) is 5.75 Å². The van der Waals surface area contributed by atoms with Crippen molar-refractivity contribution < 1.29 is 22.8 Å². The molecule has 0 fully saturated rings. The normalized spacial score (nSPS) is 11.7. The van der Waals surface area contributed by atoms with Gasteiger partial charge in [-0.3, -0.25) is 10.1 Å². The SMILES string of the molecule is COc1cc([N+](=O)[O-])c2nc(C(F)(F)F)cc(Cl)c2c1. The zero-order valence-electron chi connectivity index (χ0n) is 9.86. The summed E-state index contributed by atoms with van der Waals surface area (Å²) in [6, 6.07) is 2.90. The lowest BCUT2D eigenvalue weighted by atomic mass is 10.1. The highest BCUT2D eigenvalue weighted by Crippen LogP contribution is 2.37. The van der Waals surface area contributed by atoms with Gasteiger partial charge in [-0.25, -0.2) is 4.98 Å². The molecule has 1 heterocycles. The molecular weight excluding hydrogens is 301 g/mol. The number of aromatic nitrogens is 1. The highest BCUT2D eigenvalue weighted by molar-refractivity contribution is 6.35. The Morgan fingerprint density at radius 2 is 2.00 bits per heavy atom. The summed E-state index contributed by atoms with van der Waals surface area (Å²) in [5, 5.41) is 10.7. The first-order valence-corrected chi connectivity index (χ1v) is 5.51. The second-order valence-corrected chi connectivity index (χ2v) is 4.19. The monoisotopic (exact) mass is 306 g/mol. The first kappa shape index (κ1) is 14.3. The molecule has 1 aromatic heterocycles. The van der Waals surface area contributed by atoms with Crippen LogP contribution in [0.4, 0.5) is 18.9 Å². The van der Waals surface area contributed by atoms with Gasteiger partial charge >= 0.3 is 6.18 Å². The van der Waals surface area contributed by atoms with Crippen molar-refractivity contribution in [2.75, 3.05) is 7.11 Å². The summed E-state index contributed by atoms with van der Waals surface area (Å²) in [5.41, 5.74) is -2.33. The van der Waals surface area contributed by atoms with Gasteiger partial charge in [-0.15, -0.1) is 0 Å². The molecule has 0 spiro atoms. The maximum atomic E-state index is 12.7. The first-order chi connectivity index (χ1) is 9.24. The molecule has 5 nitrogen and oxygen atoms in total. The molecule has 20 heavy (non-hydrogen) atoms. The third kappa shape index (κ3) is 2.46. The fourth-order valence-electron chi connectivity index (χ4n) is 1.65. The van der Waals surface area contributed by atoms with Crippen LogP contribution >= 0.6 is 11.6 Å². The third-order valence-electron chi connectivity index (χ3n) is 2.54. The Morgan fingerprint density at radius 3 is 2.50 bits per heavy atom. The molecule has 1 aromatic carbocycles. The van der Waals surface area contributed by atoms with E-state index in [0.29, 0.717) is 6.07 Å². The number of nitro groups is 1. The lowest BCUT2D eigenvalue weighted by molar-refractivity contribution is -0.383. The van der Waals surface area contributed by atoms with Crippen LogP contribution in [0.15, 0.2) is 18.2 Å². The molecule has 106 valence electrons. The number of benzene rings is 1. The Hall–Kier alpha value is -2.09. The van der Waals surface area contributed by atoms with Gasteiger partial charge in [0.1, 0.15) is 11.4 Å². The Labute approximate surface area is 115 Å². The number of hydrogen-bond donors (Lipinski definition) is 0. The van der Waals surface area contributed by atoms with Crippen molar-refractivity contribution in [3.63, 3.8) is 0 Å². The van der Waals surface area contributed by atoms with Gasteiger partial charge in [-0.1, -0.05) is 11.6 Å². The van der Waals surface area contributed by atoms with E-state index in [9.17, 15) is 23.3 Å². The molecule has 0 amide bonds. The number of alkyl halides is 3. The van der Waals surface area contributed by atoms with E-state index in [1.807, 2.05) is 0 Å². The fraction of sp³-hybridized carbons (Fsp3) is 0.182. The summed E-state index contributed by atoms with van der Waals surface area (Å²) in [6.07, 6.45) is -4.74. The molecule has 0 saturated heterocycles. The summed E-state index contributed by atoms with van der Waals surface area (Å²) < 4.78 is 42.8. The highest BCUT2D eigenvalue weighted by atomic mass is 35.5. The average Bonchev–Trinajstić information content (AvgIpc) is 2.36. The number of non-ortho nitro benzene ring substituents is 1. The van der Waals surface area contributed by atoms with Gasteiger partial charge in [-0.05, 0) is 12.1 Å². The fourth-order valence-corrected chi connectivity index (χ4v) is 1.89. The summed E-state index contributed by atoms with van der Waals surface area (Å²) in [7, 11) is 1.27. The minimum absolute atomic E-state index is 0.0192. The zero-order valence-corrected chi connectivity index (χ0v) is 10.6. The van der Waals surface area contributed by atoms with Crippen molar-refractivity contribution in [2.45, 2.75) is 6.18 Å². The van der Waals surface area contributed by atoms with Gasteiger partial charge in [0.25, 0.3) is 5.69 Å². The standard InChI is InChI=1S/C11H6ClF3N2O3/c1-20-5-2-6-7(12)4-9(11(13,14)15)16-10(6)8(3-5)17(18)19/h2-4H,1H3. The molecule has 0 bridgehead atoms. The van der Waals surface area contributed by atoms with Crippen molar-refractivity contribution in [2.24, 2.45) is 0 Å². The van der Waals surface area contributed by atoms with E-state index in [1.165, 1.54) is 13.2 Å². The minimum Gasteiger partial charge on any atom is -0.496 e. The molecule has 2 aromatic rings. The van der Waals surface area contributed by atoms with E-state index in [1.54, 1.807) is 0 Å². The second kappa shape index (κ2) is 4.78. The number of ether oxygens (including phenoxy) is 1. The van der Waals surface area contributed by atoms with Crippen LogP contribution in [0, 0.1) is 10.1 Å². The zero-order chi connectivity index (χ0) is 15.1. The number of nitrogens with zero attached hydrogens (tertiary/aromatic N) is 2. The van der Waals surface area contributed by atoms with Crippen LogP contribution in [0.25, 0.3) is 10.9 Å². The van der Waals surface area contributed by atoms with Gasteiger partial charge < -0.3 is 4.74 Å². The molecule has 0 saturated carbocycles. The molecule has 0 N–H and O–H groups in total. The van der Waals surface area contributed by atoms with E-state index in [0.717, 1.165) is 6.07 Å². The van der Waals surface area contributed by atoms with Gasteiger partial charge in [0.05, 0.1) is 23.1 Å². The van der Waals surface area contributed by atoms with E-state index in [2.05, 4.69) is 4.98 Å².